The molecule has 0 heterocycles. The minimum atomic E-state index is 2.74. The van der Waals surface area contributed by atoms with Crippen molar-refractivity contribution in [2.45, 2.75) is 0 Å². The van der Waals surface area contributed by atoms with Crippen LogP contribution in [0.1, 0.15) is 0 Å². The van der Waals surface area contributed by atoms with Crippen molar-refractivity contribution >= 4 is 0 Å². The van der Waals surface area contributed by atoms with Crippen molar-refractivity contribution in [1.29, 1.82) is 0 Å². The summed E-state index contributed by atoms with van der Waals surface area (Å²) in [6, 6.07) is 0. The summed E-state index contributed by atoms with van der Waals surface area (Å²) in [6.45, 7) is 0. The zero-order chi connectivity index (χ0) is 9.07. The molecule has 0 aromatic rings. The Labute approximate surface area is 65.1 Å². The third kappa shape index (κ3) is 7.60. The molecule has 0 bridgehead atoms. The van der Waals surface area contributed by atoms with E-state index in [4.69, 9.17) is 0 Å². The van der Waals surface area contributed by atoms with Crippen LogP contribution in [0.4, 0.5) is 0 Å². The average molecular weight is 172 g/mol. The highest BCUT2D eigenvalue weighted by Gasteiger charge is 1.66. The van der Waals surface area contributed by atoms with Crippen LogP contribution in [0.5, 0.6) is 0 Å². The van der Waals surface area contributed by atoms with Crippen LogP contribution in [0.25, 0.3) is 0 Å². The van der Waals surface area contributed by atoms with Gasteiger partial charge in [-0.05, 0) is 41.8 Å². The third-order valence-corrected chi connectivity index (χ3v) is 0.383. The molecule has 0 aliphatic carbocycles. The summed E-state index contributed by atoms with van der Waals surface area (Å²) >= 11 is 0. The fraction of sp³-hybridized carbons (Fsp3) is 0. The molecule has 12 heavy (non-hydrogen) atoms. The van der Waals surface area contributed by atoms with Gasteiger partial charge in [0.2, 0.25) is 0 Å². The van der Waals surface area contributed by atoms with Crippen molar-refractivity contribution in [3.63, 3.8) is 0 Å². The lowest BCUT2D eigenvalue weighted by Gasteiger charge is -1.68. The maximum Gasteiger partial charge on any atom is -0.0000000154 e. The summed E-state index contributed by atoms with van der Waals surface area (Å²) in [7, 11) is 0. The van der Waals surface area contributed by atoms with E-state index in [0.29, 0.717) is 0 Å². The summed E-state index contributed by atoms with van der Waals surface area (Å²) in [6.07, 6.45) is 0. The lowest BCUT2D eigenvalue weighted by Crippen LogP contribution is -1.70. The molecule has 0 unspecified atom stereocenters. The van der Waals surface area contributed by atoms with E-state index < -0.39 is 0 Å². The predicted octanol–water partition coefficient (Wildman–Crippen LogP) is 0.655. The molecule has 0 saturated carbocycles. The second-order valence-corrected chi connectivity index (χ2v) is 0.946. The van der Waals surface area contributed by atoms with Gasteiger partial charge in [-0.2, -0.15) is 0 Å². The smallest absolute Gasteiger partial charge is 0.0000000154 e. The van der Waals surface area contributed by atoms with Gasteiger partial charge in [0.05, 0.1) is 0 Å². The Morgan fingerprint density at radius 2 is 0.667 bits per heavy atom. The molecular formula is H4N12. The van der Waals surface area contributed by atoms with Crippen molar-refractivity contribution in [2.75, 3.05) is 0 Å². The van der Waals surface area contributed by atoms with Gasteiger partial charge in [0.1, 0.15) is 0 Å². The van der Waals surface area contributed by atoms with Gasteiger partial charge in [-0.3, -0.25) is 0 Å². The highest BCUT2D eigenvalue weighted by Crippen LogP contribution is 1.84. The van der Waals surface area contributed by atoms with Crippen molar-refractivity contribution in [2.24, 2.45) is 63.9 Å². The molecule has 0 aromatic carbocycles. The largest absolute Gasteiger partial charge is 0.303 e. The van der Waals surface area contributed by atoms with E-state index in [1.54, 1.807) is 0 Å². The molecule has 0 spiro atoms. The van der Waals surface area contributed by atoms with Gasteiger partial charge in [-0.15, -0.1) is 0 Å². The molecule has 0 atom stereocenters. The molecular weight excluding hydrogens is 168 g/mol. The number of hydrogen-bond acceptors (Lipinski definition) is 2. The summed E-state index contributed by atoms with van der Waals surface area (Å²) in [4.78, 5) is 0. The normalized spacial score (nSPS) is 13.7. The van der Waals surface area contributed by atoms with Crippen LogP contribution in [-0.2, 0) is 0 Å². The molecule has 4 N–H and O–H groups in total. The van der Waals surface area contributed by atoms with Gasteiger partial charge >= 0.3 is 0 Å². The minimum Gasteiger partial charge on any atom is -0.303 e. The molecule has 0 aliphatic heterocycles. The summed E-state index contributed by atoms with van der Waals surface area (Å²) < 4.78 is 0. The molecule has 0 rings (SSSR count). The molecule has 0 radical (unpaired) electrons. The molecule has 0 aliphatic rings. The first-order valence-electron chi connectivity index (χ1n) is 2.32. The highest BCUT2D eigenvalue weighted by molar-refractivity contribution is 4.09. The van der Waals surface area contributed by atoms with E-state index >= 15 is 0 Å². The van der Waals surface area contributed by atoms with E-state index in [-0.39, 0.29) is 0 Å². The molecule has 12 heteroatoms. The van der Waals surface area contributed by atoms with Gasteiger partial charge in [0.15, 0.2) is 0 Å². The summed E-state index contributed by atoms with van der Waals surface area (Å²) in [5, 5.41) is 28.9. The van der Waals surface area contributed by atoms with Gasteiger partial charge in [-0.25, -0.2) is 0 Å². The first-order chi connectivity index (χ1) is 5.91. The minimum absolute atomic E-state index is 2.74. The van der Waals surface area contributed by atoms with Crippen molar-refractivity contribution < 1.29 is 0 Å². The van der Waals surface area contributed by atoms with Crippen LogP contribution < -0.4 is 11.7 Å². The van der Waals surface area contributed by atoms with E-state index in [0.717, 1.165) is 0 Å². The zero-order valence-corrected chi connectivity index (χ0v) is 5.63. The molecule has 0 saturated heterocycles. The summed E-state index contributed by atoms with van der Waals surface area (Å²) in [5.41, 5.74) is 0. The van der Waals surface area contributed by atoms with Gasteiger partial charge in [0, 0.05) is 0 Å². The number of nitrogens with zero attached hydrogens (tertiary/aromatic N) is 10. The van der Waals surface area contributed by atoms with E-state index in [1.807, 2.05) is 0 Å². The third-order valence-electron chi connectivity index (χ3n) is 0.383. The van der Waals surface area contributed by atoms with Crippen LogP contribution in [0.3, 0.4) is 0 Å². The van der Waals surface area contributed by atoms with E-state index in [2.05, 4.69) is 63.9 Å². The topological polar surface area (TPSA) is 176 Å². The molecule has 12 nitrogen and oxygen atoms in total. The fourth-order valence-electron chi connectivity index (χ4n) is 0.154. The monoisotopic (exact) mass is 172 g/mol. The lowest BCUT2D eigenvalue weighted by atomic mass is 12.3. The van der Waals surface area contributed by atoms with Crippen LogP contribution >= 0.6 is 0 Å². The summed E-state index contributed by atoms with van der Waals surface area (Å²) in [5.74, 6) is 9.12. The molecule has 0 fully saturated rings. The molecule has 0 amide bonds. The lowest BCUT2D eigenvalue weighted by molar-refractivity contribution is 0.764. The van der Waals surface area contributed by atoms with Crippen LogP contribution in [0.15, 0.2) is 52.2 Å². The predicted molar refractivity (Wildman–Crippen MR) is 32.7 cm³/mol. The van der Waals surface area contributed by atoms with E-state index in [9.17, 15) is 0 Å². The maximum atomic E-state index is 4.56. The van der Waals surface area contributed by atoms with Crippen molar-refractivity contribution in [3.05, 3.63) is 0 Å². The SMILES string of the molecule is N/N=N/N=N/N=N/N=N/N=N/N. The standard InChI is InChI=1S/H4N12/c1-3-5-7-9-11-12-10-8-6-4-2/h(H2,1,4,5,8,9,12)(H2,2,3,6,7,10,11). The van der Waals surface area contributed by atoms with Crippen molar-refractivity contribution in [3.8, 4) is 0 Å². The number of nitrogens with two attached hydrogens (primary N) is 2. The van der Waals surface area contributed by atoms with Crippen LogP contribution in [0.2, 0.25) is 0 Å². The molecule has 0 aromatic heterocycles. The Hall–Kier alpha value is -2.40. The van der Waals surface area contributed by atoms with Crippen molar-refractivity contribution in [1.82, 2.24) is 0 Å². The number of hydrogen-bond donors (Lipinski definition) is 2. The maximum absolute atomic E-state index is 4.56. The first-order valence-corrected chi connectivity index (χ1v) is 2.32. The van der Waals surface area contributed by atoms with Crippen LogP contribution in [0, 0.1) is 0 Å². The van der Waals surface area contributed by atoms with Crippen LogP contribution in [-0.4, -0.2) is 0 Å². The second kappa shape index (κ2) is 8.60. The van der Waals surface area contributed by atoms with Gasteiger partial charge < -0.3 is 11.7 Å². The Bertz CT molecular complexity index is 188. The quantitative estimate of drug-likeness (QED) is 0.359. The Balaban J connectivity index is 3.62. The van der Waals surface area contributed by atoms with Gasteiger partial charge in [-0.1, -0.05) is 10.4 Å². The second-order valence-electron chi connectivity index (χ2n) is 0.946. The van der Waals surface area contributed by atoms with E-state index in [1.165, 1.54) is 0 Å². The number of rotatable bonds is 4. The molecule has 64 valence electrons. The van der Waals surface area contributed by atoms with Gasteiger partial charge in [0.25, 0.3) is 0 Å². The zero-order valence-electron chi connectivity index (χ0n) is 5.63. The Kier molecular flexibility index (Phi) is 6.88. The highest BCUT2D eigenvalue weighted by atomic mass is 15.7. The first kappa shape index (κ1) is 9.60. The Morgan fingerprint density at radius 3 is 0.917 bits per heavy atom. The fourth-order valence-corrected chi connectivity index (χ4v) is 0.154. The average Bonchev–Trinajstić information content (AvgIpc) is 2.10. The Morgan fingerprint density at radius 1 is 0.417 bits per heavy atom.